The third-order valence-corrected chi connectivity index (χ3v) is 6.04. The fourth-order valence-corrected chi connectivity index (χ4v) is 4.38. The Morgan fingerprint density at radius 1 is 1.06 bits per heavy atom. The van der Waals surface area contributed by atoms with Crippen molar-refractivity contribution in [2.45, 2.75) is 72.5 Å². The smallest absolute Gasteiger partial charge is 0.408 e. The Kier molecular flexibility index (Phi) is 9.74. The van der Waals surface area contributed by atoms with Crippen LogP contribution < -0.4 is 10.6 Å². The predicted molar refractivity (Wildman–Crippen MR) is 127 cm³/mol. The van der Waals surface area contributed by atoms with E-state index in [1.165, 1.54) is 0 Å². The lowest BCUT2D eigenvalue weighted by atomic mass is 9.70. The first-order valence-corrected chi connectivity index (χ1v) is 11.9. The van der Waals surface area contributed by atoms with Gasteiger partial charge >= 0.3 is 12.1 Å². The van der Waals surface area contributed by atoms with Crippen LogP contribution in [0.15, 0.2) is 30.3 Å². The van der Waals surface area contributed by atoms with Crippen LogP contribution in [0.25, 0.3) is 0 Å². The quantitative estimate of drug-likeness (QED) is 0.552. The van der Waals surface area contributed by atoms with Gasteiger partial charge in [0.15, 0.2) is 0 Å². The molecule has 184 valence electrons. The number of benzene rings is 1. The first kappa shape index (κ1) is 26.7. The van der Waals surface area contributed by atoms with Crippen LogP contribution in [0, 0.1) is 23.7 Å². The van der Waals surface area contributed by atoms with Gasteiger partial charge in [0.05, 0.1) is 6.54 Å². The van der Waals surface area contributed by atoms with E-state index in [1.54, 1.807) is 20.8 Å². The third kappa shape index (κ3) is 9.06. The van der Waals surface area contributed by atoms with Crippen LogP contribution in [0.3, 0.4) is 0 Å². The molecule has 0 saturated heterocycles. The van der Waals surface area contributed by atoms with Crippen molar-refractivity contribution in [2.24, 2.45) is 23.7 Å². The Balaban J connectivity index is 1.99. The summed E-state index contributed by atoms with van der Waals surface area (Å²) in [7, 11) is 0. The molecule has 0 spiro atoms. The van der Waals surface area contributed by atoms with Crippen LogP contribution in [-0.4, -0.2) is 36.7 Å². The number of nitrogens with one attached hydrogen (secondary N) is 2. The van der Waals surface area contributed by atoms with Gasteiger partial charge in [-0.25, -0.2) is 4.79 Å². The van der Waals surface area contributed by atoms with E-state index in [1.807, 2.05) is 30.3 Å². The highest BCUT2D eigenvalue weighted by Crippen LogP contribution is 2.38. The Morgan fingerprint density at radius 2 is 1.73 bits per heavy atom. The first-order chi connectivity index (χ1) is 15.5. The van der Waals surface area contributed by atoms with Crippen LogP contribution in [0.4, 0.5) is 4.79 Å². The molecule has 0 aliphatic heterocycles. The number of hydrogen-bond donors (Lipinski definition) is 2. The molecule has 1 saturated carbocycles. The number of carbonyl (C=O) groups excluding carboxylic acids is 3. The van der Waals surface area contributed by atoms with Gasteiger partial charge in [0.25, 0.3) is 0 Å². The van der Waals surface area contributed by atoms with Crippen molar-refractivity contribution in [1.82, 2.24) is 10.6 Å². The molecule has 7 heteroatoms. The predicted octanol–water partition coefficient (Wildman–Crippen LogP) is 4.62. The topological polar surface area (TPSA) is 93.7 Å². The van der Waals surface area contributed by atoms with Gasteiger partial charge in [0, 0.05) is 5.92 Å². The van der Waals surface area contributed by atoms with E-state index >= 15 is 0 Å². The zero-order valence-corrected chi connectivity index (χ0v) is 20.9. The molecular weight excluding hydrogens is 420 g/mol. The van der Waals surface area contributed by atoms with Gasteiger partial charge in [-0.15, -0.1) is 0 Å². The van der Waals surface area contributed by atoms with Crippen molar-refractivity contribution in [3.8, 4) is 0 Å². The zero-order chi connectivity index (χ0) is 24.6. The molecule has 1 aliphatic rings. The van der Waals surface area contributed by atoms with Gasteiger partial charge in [0.2, 0.25) is 5.91 Å². The summed E-state index contributed by atoms with van der Waals surface area (Å²) >= 11 is 0. The normalized spacial score (nSPS) is 21.7. The standard InChI is InChI=1S/C26H40N2O5/c1-17(2)20-13-12-18(3)14-21(20)24(30)27-15-22(19-10-8-7-9-11-19)32-23(29)16-28-25(31)33-26(4,5)6/h7-11,17-18,20-22H,12-16H2,1-6H3,(H,27,30)(H,28,31)/t18-,20+,21-,22?/m1/s1. The number of hydrogen-bond acceptors (Lipinski definition) is 5. The average molecular weight is 461 g/mol. The van der Waals surface area contributed by atoms with Crippen LogP contribution in [0.1, 0.15) is 72.5 Å². The second-order valence-corrected chi connectivity index (χ2v) is 10.4. The molecule has 0 heterocycles. The number of ether oxygens (including phenoxy) is 2. The van der Waals surface area contributed by atoms with E-state index in [-0.39, 0.29) is 24.9 Å². The SMILES string of the molecule is CC(C)[C@@H]1CC[C@@H](C)C[C@H]1C(=O)NCC(OC(=O)CNC(=O)OC(C)(C)C)c1ccccc1. The largest absolute Gasteiger partial charge is 0.454 e. The van der Waals surface area contributed by atoms with Gasteiger partial charge in [-0.1, -0.05) is 57.5 Å². The van der Waals surface area contributed by atoms with E-state index < -0.39 is 23.8 Å². The van der Waals surface area contributed by atoms with E-state index in [0.717, 1.165) is 24.8 Å². The zero-order valence-electron chi connectivity index (χ0n) is 20.9. The van der Waals surface area contributed by atoms with Crippen molar-refractivity contribution in [3.63, 3.8) is 0 Å². The van der Waals surface area contributed by atoms with Crippen molar-refractivity contribution in [3.05, 3.63) is 35.9 Å². The molecule has 2 rings (SSSR count). The summed E-state index contributed by atoms with van der Waals surface area (Å²) in [4.78, 5) is 37.3. The average Bonchev–Trinajstić information content (AvgIpc) is 2.74. The highest BCUT2D eigenvalue weighted by molar-refractivity contribution is 5.80. The summed E-state index contributed by atoms with van der Waals surface area (Å²) in [5.74, 6) is 0.707. The highest BCUT2D eigenvalue weighted by atomic mass is 16.6. The number of rotatable bonds is 8. The van der Waals surface area contributed by atoms with Crippen molar-refractivity contribution < 1.29 is 23.9 Å². The molecule has 7 nitrogen and oxygen atoms in total. The molecule has 1 aliphatic carbocycles. The van der Waals surface area contributed by atoms with Crippen LogP contribution >= 0.6 is 0 Å². The van der Waals surface area contributed by atoms with Gasteiger partial charge < -0.3 is 20.1 Å². The second kappa shape index (κ2) is 12.1. The number of carbonyl (C=O) groups is 3. The van der Waals surface area contributed by atoms with Crippen LogP contribution in [0.2, 0.25) is 0 Å². The maximum Gasteiger partial charge on any atom is 0.408 e. The summed E-state index contributed by atoms with van der Waals surface area (Å²) in [6, 6.07) is 9.29. The van der Waals surface area contributed by atoms with Crippen molar-refractivity contribution in [1.29, 1.82) is 0 Å². The third-order valence-electron chi connectivity index (χ3n) is 6.04. The molecule has 1 unspecified atom stereocenters. The van der Waals surface area contributed by atoms with E-state index in [0.29, 0.717) is 17.8 Å². The monoisotopic (exact) mass is 460 g/mol. The van der Waals surface area contributed by atoms with Crippen molar-refractivity contribution in [2.75, 3.05) is 13.1 Å². The number of esters is 1. The highest BCUT2D eigenvalue weighted by Gasteiger charge is 2.35. The lowest BCUT2D eigenvalue weighted by molar-refractivity contribution is -0.149. The molecule has 1 aromatic carbocycles. The molecule has 2 N–H and O–H groups in total. The fourth-order valence-electron chi connectivity index (χ4n) is 4.38. The molecule has 33 heavy (non-hydrogen) atoms. The molecular formula is C26H40N2O5. The summed E-state index contributed by atoms with van der Waals surface area (Å²) in [6.07, 6.45) is 1.76. The summed E-state index contributed by atoms with van der Waals surface area (Å²) < 4.78 is 10.8. The maximum atomic E-state index is 13.1. The molecule has 0 aromatic heterocycles. The van der Waals surface area contributed by atoms with E-state index in [9.17, 15) is 14.4 Å². The minimum absolute atomic E-state index is 0.0177. The molecule has 4 atom stereocenters. The first-order valence-electron chi connectivity index (χ1n) is 11.9. The van der Waals surface area contributed by atoms with E-state index in [2.05, 4.69) is 31.4 Å². The van der Waals surface area contributed by atoms with Crippen LogP contribution in [-0.2, 0) is 19.1 Å². The summed E-state index contributed by atoms with van der Waals surface area (Å²) in [5, 5.41) is 5.44. The van der Waals surface area contributed by atoms with Gasteiger partial charge in [-0.3, -0.25) is 9.59 Å². The Hall–Kier alpha value is -2.57. The Bertz CT molecular complexity index is 788. The minimum Gasteiger partial charge on any atom is -0.454 e. The minimum atomic E-state index is -0.685. The second-order valence-electron chi connectivity index (χ2n) is 10.4. The molecule has 1 fully saturated rings. The van der Waals surface area contributed by atoms with Gasteiger partial charge in [0.1, 0.15) is 18.2 Å². The Morgan fingerprint density at radius 3 is 2.33 bits per heavy atom. The molecule has 0 radical (unpaired) electrons. The summed E-state index contributed by atoms with van der Waals surface area (Å²) in [5.41, 5.74) is 0.121. The maximum absolute atomic E-state index is 13.1. The number of alkyl carbamates (subject to hydrolysis) is 1. The fraction of sp³-hybridized carbons (Fsp3) is 0.654. The van der Waals surface area contributed by atoms with Gasteiger partial charge in [-0.05, 0) is 56.9 Å². The molecule has 2 amide bonds. The molecule has 1 aromatic rings. The Labute approximate surface area is 198 Å². The van der Waals surface area contributed by atoms with E-state index in [4.69, 9.17) is 9.47 Å². The molecule has 0 bridgehead atoms. The summed E-state index contributed by atoms with van der Waals surface area (Å²) in [6.45, 7) is 11.6. The number of amides is 2. The van der Waals surface area contributed by atoms with Crippen LogP contribution in [0.5, 0.6) is 0 Å². The van der Waals surface area contributed by atoms with Crippen molar-refractivity contribution >= 4 is 18.0 Å². The lowest BCUT2D eigenvalue weighted by Gasteiger charge is -2.36. The lowest BCUT2D eigenvalue weighted by Crippen LogP contribution is -2.42. The van der Waals surface area contributed by atoms with Gasteiger partial charge in [-0.2, -0.15) is 0 Å².